The molecule has 10 nitrogen and oxygen atoms in total. The highest BCUT2D eigenvalue weighted by molar-refractivity contribution is 7.80. The van der Waals surface area contributed by atoms with Gasteiger partial charge in [-0.1, -0.05) is 6.07 Å². The van der Waals surface area contributed by atoms with Crippen molar-refractivity contribution in [1.29, 1.82) is 0 Å². The lowest BCUT2D eigenvalue weighted by Crippen LogP contribution is -2.34. The van der Waals surface area contributed by atoms with Crippen molar-refractivity contribution in [3.05, 3.63) is 76.3 Å². The molecule has 38 heavy (non-hydrogen) atoms. The van der Waals surface area contributed by atoms with Crippen LogP contribution in [-0.2, 0) is 0 Å². The number of carbonyl (C=O) groups is 1. The number of piperidine rings is 1. The summed E-state index contributed by atoms with van der Waals surface area (Å²) in [6.07, 6.45) is 3.09. The van der Waals surface area contributed by atoms with Gasteiger partial charge in [-0.25, -0.2) is 4.98 Å². The fourth-order valence-corrected chi connectivity index (χ4v) is 4.65. The first kappa shape index (κ1) is 25.2. The van der Waals surface area contributed by atoms with E-state index in [1.54, 1.807) is 55.6 Å². The standard InChI is InChI=1S/C27H25N5O5S/c1-36-20-9-11-24-21(16-20)29-26(37-24)18-6-5-7-19(14-18)28-27(38)30-25(33)17-8-10-22(23(15-17)32(34)35)31-12-3-2-4-13-31/h5-11,14-16H,2-4,12-13H2,1H3,(H2,28,30,33,38). The molecule has 11 heteroatoms. The number of anilines is 2. The Morgan fingerprint density at radius 2 is 1.92 bits per heavy atom. The molecule has 194 valence electrons. The van der Waals surface area contributed by atoms with Gasteiger partial charge in [-0.15, -0.1) is 0 Å². The first-order valence-electron chi connectivity index (χ1n) is 12.1. The molecule has 0 bridgehead atoms. The number of hydrogen-bond donors (Lipinski definition) is 2. The minimum Gasteiger partial charge on any atom is -0.497 e. The average molecular weight is 532 g/mol. The monoisotopic (exact) mass is 531 g/mol. The molecule has 1 aliphatic heterocycles. The minimum atomic E-state index is -0.542. The molecular weight excluding hydrogens is 506 g/mol. The van der Waals surface area contributed by atoms with Crippen LogP contribution in [0, 0.1) is 10.1 Å². The van der Waals surface area contributed by atoms with E-state index in [9.17, 15) is 14.9 Å². The number of ether oxygens (including phenoxy) is 1. The number of rotatable bonds is 6. The van der Waals surface area contributed by atoms with Gasteiger partial charge < -0.3 is 19.4 Å². The normalized spacial score (nSPS) is 13.2. The number of nitrogens with zero attached hydrogens (tertiary/aromatic N) is 3. The predicted molar refractivity (Wildman–Crippen MR) is 149 cm³/mol. The van der Waals surface area contributed by atoms with E-state index < -0.39 is 10.8 Å². The maximum atomic E-state index is 12.8. The first-order valence-corrected chi connectivity index (χ1v) is 12.5. The highest BCUT2D eigenvalue weighted by Crippen LogP contribution is 2.32. The SMILES string of the molecule is COc1ccc2oc(-c3cccc(NC(=S)NC(=O)c4ccc(N5CCCCC5)c([N+](=O)[O-])c4)c3)nc2c1. The molecule has 0 atom stereocenters. The molecule has 1 saturated heterocycles. The van der Waals surface area contributed by atoms with Crippen LogP contribution in [0.3, 0.4) is 0 Å². The molecule has 1 aromatic heterocycles. The fraction of sp³-hybridized carbons (Fsp3) is 0.222. The number of benzene rings is 3. The fourth-order valence-electron chi connectivity index (χ4n) is 4.44. The van der Waals surface area contributed by atoms with Crippen LogP contribution in [0.5, 0.6) is 5.75 Å². The summed E-state index contributed by atoms with van der Waals surface area (Å²) in [4.78, 5) is 30.6. The van der Waals surface area contributed by atoms with Crippen LogP contribution in [-0.4, -0.2) is 41.1 Å². The van der Waals surface area contributed by atoms with Gasteiger partial charge in [0.15, 0.2) is 10.7 Å². The lowest BCUT2D eigenvalue weighted by molar-refractivity contribution is -0.384. The van der Waals surface area contributed by atoms with E-state index in [0.29, 0.717) is 39.7 Å². The maximum absolute atomic E-state index is 12.8. The average Bonchev–Trinajstić information content (AvgIpc) is 3.37. The molecule has 2 N–H and O–H groups in total. The summed E-state index contributed by atoms with van der Waals surface area (Å²) in [5.41, 5.74) is 3.20. The number of thiocarbonyl (C=S) groups is 1. The van der Waals surface area contributed by atoms with Gasteiger partial charge in [-0.3, -0.25) is 20.2 Å². The molecule has 0 radical (unpaired) electrons. The number of nitrogens with one attached hydrogen (secondary N) is 2. The highest BCUT2D eigenvalue weighted by atomic mass is 32.1. The summed E-state index contributed by atoms with van der Waals surface area (Å²) >= 11 is 5.33. The maximum Gasteiger partial charge on any atom is 0.293 e. The van der Waals surface area contributed by atoms with Gasteiger partial charge in [0.25, 0.3) is 11.6 Å². The van der Waals surface area contributed by atoms with Crippen molar-refractivity contribution in [2.24, 2.45) is 0 Å². The smallest absolute Gasteiger partial charge is 0.293 e. The van der Waals surface area contributed by atoms with Gasteiger partial charge in [0.05, 0.1) is 12.0 Å². The molecule has 1 amide bonds. The first-order chi connectivity index (χ1) is 18.4. The zero-order chi connectivity index (χ0) is 26.6. The lowest BCUT2D eigenvalue weighted by Gasteiger charge is -2.28. The third-order valence-electron chi connectivity index (χ3n) is 6.32. The van der Waals surface area contributed by atoms with E-state index in [2.05, 4.69) is 15.6 Å². The van der Waals surface area contributed by atoms with Gasteiger partial charge in [-0.05, 0) is 73.9 Å². The molecule has 2 heterocycles. The van der Waals surface area contributed by atoms with Crippen molar-refractivity contribution in [1.82, 2.24) is 10.3 Å². The Morgan fingerprint density at radius 1 is 1.11 bits per heavy atom. The topological polar surface area (TPSA) is 123 Å². The van der Waals surface area contributed by atoms with Crippen molar-refractivity contribution in [3.63, 3.8) is 0 Å². The van der Waals surface area contributed by atoms with E-state index in [1.807, 2.05) is 11.0 Å². The van der Waals surface area contributed by atoms with Crippen molar-refractivity contribution in [3.8, 4) is 17.2 Å². The van der Waals surface area contributed by atoms with Crippen molar-refractivity contribution in [2.75, 3.05) is 30.4 Å². The summed E-state index contributed by atoms with van der Waals surface area (Å²) in [5, 5.41) is 17.4. The molecule has 0 aliphatic carbocycles. The summed E-state index contributed by atoms with van der Waals surface area (Å²) < 4.78 is 11.1. The molecule has 3 aromatic carbocycles. The van der Waals surface area contributed by atoms with E-state index in [-0.39, 0.29) is 16.4 Å². The summed E-state index contributed by atoms with van der Waals surface area (Å²) in [5.74, 6) is 0.563. The second kappa shape index (κ2) is 10.9. The number of hydrogen-bond acceptors (Lipinski definition) is 8. The number of fused-ring (bicyclic) bond motifs is 1. The van der Waals surface area contributed by atoms with Crippen molar-refractivity contribution >= 4 is 51.4 Å². The Bertz CT molecular complexity index is 1530. The van der Waals surface area contributed by atoms with E-state index >= 15 is 0 Å². The zero-order valence-electron chi connectivity index (χ0n) is 20.6. The Morgan fingerprint density at radius 3 is 2.68 bits per heavy atom. The predicted octanol–water partition coefficient (Wildman–Crippen LogP) is 5.53. The van der Waals surface area contributed by atoms with Crippen LogP contribution < -0.4 is 20.3 Å². The van der Waals surface area contributed by atoms with E-state index in [4.69, 9.17) is 21.4 Å². The van der Waals surface area contributed by atoms with E-state index in [0.717, 1.165) is 32.4 Å². The summed E-state index contributed by atoms with van der Waals surface area (Å²) in [6, 6.07) is 17.1. The molecule has 0 saturated carbocycles. The van der Waals surface area contributed by atoms with Crippen LogP contribution >= 0.6 is 12.2 Å². The Balaban J connectivity index is 1.28. The number of nitro groups is 1. The number of nitro benzene ring substituents is 1. The molecule has 4 aromatic rings. The number of oxazole rings is 1. The number of amides is 1. The van der Waals surface area contributed by atoms with Crippen LogP contribution in [0.1, 0.15) is 29.6 Å². The lowest BCUT2D eigenvalue weighted by atomic mass is 10.1. The van der Waals surface area contributed by atoms with Crippen molar-refractivity contribution in [2.45, 2.75) is 19.3 Å². The third kappa shape index (κ3) is 5.42. The summed E-state index contributed by atoms with van der Waals surface area (Å²) in [7, 11) is 1.59. The Kier molecular flexibility index (Phi) is 7.18. The second-order valence-electron chi connectivity index (χ2n) is 8.85. The van der Waals surface area contributed by atoms with Crippen LogP contribution in [0.4, 0.5) is 17.1 Å². The number of methoxy groups -OCH3 is 1. The van der Waals surface area contributed by atoms with Crippen LogP contribution in [0.15, 0.2) is 65.1 Å². The molecular formula is C27H25N5O5S. The molecule has 0 spiro atoms. The Labute approximate surface area is 223 Å². The van der Waals surface area contributed by atoms with Crippen LogP contribution in [0.25, 0.3) is 22.6 Å². The van der Waals surface area contributed by atoms with Gasteiger partial charge in [0, 0.05) is 42.0 Å². The number of aromatic nitrogens is 1. The van der Waals surface area contributed by atoms with Crippen molar-refractivity contribution < 1.29 is 18.9 Å². The zero-order valence-corrected chi connectivity index (χ0v) is 21.4. The minimum absolute atomic E-state index is 0.0530. The quantitative estimate of drug-likeness (QED) is 0.188. The van der Waals surface area contributed by atoms with Gasteiger partial charge in [0.1, 0.15) is 17.0 Å². The van der Waals surface area contributed by atoms with Gasteiger partial charge in [0.2, 0.25) is 5.89 Å². The summed E-state index contributed by atoms with van der Waals surface area (Å²) in [6.45, 7) is 1.52. The second-order valence-corrected chi connectivity index (χ2v) is 9.26. The molecule has 1 aliphatic rings. The molecule has 0 unspecified atom stereocenters. The van der Waals surface area contributed by atoms with Gasteiger partial charge in [-0.2, -0.15) is 0 Å². The molecule has 1 fully saturated rings. The number of carbonyl (C=O) groups excluding carboxylic acids is 1. The van der Waals surface area contributed by atoms with Crippen LogP contribution in [0.2, 0.25) is 0 Å². The largest absolute Gasteiger partial charge is 0.497 e. The molecule has 5 rings (SSSR count). The van der Waals surface area contributed by atoms with Gasteiger partial charge >= 0.3 is 0 Å². The highest BCUT2D eigenvalue weighted by Gasteiger charge is 2.23. The van der Waals surface area contributed by atoms with E-state index in [1.165, 1.54) is 6.07 Å². The third-order valence-corrected chi connectivity index (χ3v) is 6.52. The Hall–Kier alpha value is -4.51.